The molecule has 1 amide bonds. The van der Waals surface area contributed by atoms with Crippen LogP contribution in [0.4, 0.5) is 4.79 Å². The Labute approximate surface area is 162 Å². The first-order valence-electron chi connectivity index (χ1n) is 9.86. The molecule has 0 aromatic rings. The third kappa shape index (κ3) is 4.27. The van der Waals surface area contributed by atoms with Gasteiger partial charge in [-0.15, -0.1) is 0 Å². The number of piperidine rings is 1. The van der Waals surface area contributed by atoms with Gasteiger partial charge in [0.15, 0.2) is 0 Å². The van der Waals surface area contributed by atoms with Gasteiger partial charge in [-0.2, -0.15) is 0 Å². The van der Waals surface area contributed by atoms with Gasteiger partial charge in [-0.05, 0) is 67.2 Å². The van der Waals surface area contributed by atoms with Gasteiger partial charge >= 0.3 is 6.09 Å². The number of rotatable bonds is 2. The van der Waals surface area contributed by atoms with E-state index in [1.807, 2.05) is 46.4 Å². The molecule has 152 valence electrons. The second kappa shape index (κ2) is 7.08. The smallest absolute Gasteiger partial charge is 0.410 e. The highest BCUT2D eigenvalue weighted by atomic mass is 32.2. The van der Waals surface area contributed by atoms with Crippen molar-refractivity contribution in [3.8, 4) is 0 Å². The second-order valence-corrected chi connectivity index (χ2v) is 12.7. The quantitative estimate of drug-likeness (QED) is 0.715. The van der Waals surface area contributed by atoms with Gasteiger partial charge in [0, 0.05) is 30.6 Å². The van der Waals surface area contributed by atoms with E-state index in [0.717, 1.165) is 19.4 Å². The standard InChI is InChI=1S/C20H38N2O3S/c1-14(2)16-20(13-22(16)26(24)19(7,8)9)11-10-15(3)21(12-20)17(23)25-18(4,5)6/h14-16H,10-13H2,1-9H3/t15-,16+,20+,26?/m0/s1. The number of hydrogen-bond donors (Lipinski definition) is 0. The molecule has 2 fully saturated rings. The van der Waals surface area contributed by atoms with E-state index in [1.165, 1.54) is 0 Å². The Balaban J connectivity index is 2.21. The van der Waals surface area contributed by atoms with Crippen LogP contribution in [0.5, 0.6) is 0 Å². The molecule has 2 aliphatic rings. The van der Waals surface area contributed by atoms with Crippen LogP contribution in [0.3, 0.4) is 0 Å². The molecule has 0 aromatic heterocycles. The zero-order chi connectivity index (χ0) is 20.1. The van der Waals surface area contributed by atoms with Gasteiger partial charge in [0.05, 0.1) is 4.75 Å². The molecule has 2 rings (SSSR count). The molecule has 0 bridgehead atoms. The molecule has 0 saturated carbocycles. The van der Waals surface area contributed by atoms with Crippen LogP contribution in [0.1, 0.15) is 75.2 Å². The van der Waals surface area contributed by atoms with E-state index in [9.17, 15) is 9.00 Å². The van der Waals surface area contributed by atoms with Crippen molar-refractivity contribution >= 4 is 17.1 Å². The van der Waals surface area contributed by atoms with E-state index in [4.69, 9.17) is 4.74 Å². The van der Waals surface area contributed by atoms with Crippen molar-refractivity contribution in [2.45, 2.75) is 97.6 Å². The SMILES string of the molecule is CC(C)[C@H]1N(S(=O)C(C)(C)C)C[C@]12CC[C@H](C)N(C(=O)OC(C)(C)C)C2. The van der Waals surface area contributed by atoms with Gasteiger partial charge in [-0.25, -0.2) is 13.3 Å². The summed E-state index contributed by atoms with van der Waals surface area (Å²) in [5, 5.41) is 0. The van der Waals surface area contributed by atoms with Gasteiger partial charge < -0.3 is 9.64 Å². The molecule has 4 atom stereocenters. The summed E-state index contributed by atoms with van der Waals surface area (Å²) in [5.41, 5.74) is -0.462. The van der Waals surface area contributed by atoms with Crippen LogP contribution in [0.2, 0.25) is 0 Å². The van der Waals surface area contributed by atoms with Crippen LogP contribution in [0.15, 0.2) is 0 Å². The maximum absolute atomic E-state index is 13.0. The molecule has 6 heteroatoms. The number of nitrogens with zero attached hydrogens (tertiary/aromatic N) is 2. The fourth-order valence-corrected chi connectivity index (χ4v) is 6.16. The van der Waals surface area contributed by atoms with Crippen molar-refractivity contribution in [2.24, 2.45) is 11.3 Å². The molecule has 2 heterocycles. The van der Waals surface area contributed by atoms with E-state index >= 15 is 0 Å². The Kier molecular flexibility index (Phi) is 5.90. The Hall–Kier alpha value is -0.620. The van der Waals surface area contributed by atoms with Gasteiger partial charge in [0.25, 0.3) is 0 Å². The van der Waals surface area contributed by atoms with Crippen molar-refractivity contribution in [3.63, 3.8) is 0 Å². The van der Waals surface area contributed by atoms with Gasteiger partial charge in [0.2, 0.25) is 0 Å². The largest absolute Gasteiger partial charge is 0.444 e. The Morgan fingerprint density at radius 1 is 1.15 bits per heavy atom. The van der Waals surface area contributed by atoms with Crippen LogP contribution in [-0.2, 0) is 15.7 Å². The number of carbonyl (C=O) groups is 1. The summed E-state index contributed by atoms with van der Waals surface area (Å²) in [6.07, 6.45) is 1.83. The summed E-state index contributed by atoms with van der Waals surface area (Å²) >= 11 is 0. The third-order valence-corrected chi connectivity index (χ3v) is 7.31. The first-order valence-corrected chi connectivity index (χ1v) is 11.0. The lowest BCUT2D eigenvalue weighted by molar-refractivity contribution is -0.0977. The van der Waals surface area contributed by atoms with Crippen molar-refractivity contribution in [2.75, 3.05) is 13.1 Å². The molecule has 0 radical (unpaired) electrons. The monoisotopic (exact) mass is 386 g/mol. The van der Waals surface area contributed by atoms with Gasteiger partial charge in [-0.1, -0.05) is 13.8 Å². The Morgan fingerprint density at radius 2 is 1.73 bits per heavy atom. The van der Waals surface area contributed by atoms with Gasteiger partial charge in [-0.3, -0.25) is 0 Å². The summed E-state index contributed by atoms with van der Waals surface area (Å²) in [6.45, 7) is 19.8. The summed E-state index contributed by atoms with van der Waals surface area (Å²) in [5.74, 6) is 0.393. The molecule has 0 N–H and O–H groups in total. The molecular weight excluding hydrogens is 348 g/mol. The van der Waals surface area contributed by atoms with Crippen LogP contribution < -0.4 is 0 Å². The van der Waals surface area contributed by atoms with Crippen molar-refractivity contribution in [3.05, 3.63) is 0 Å². The second-order valence-electron chi connectivity index (χ2n) is 10.5. The highest BCUT2D eigenvalue weighted by Gasteiger charge is 2.59. The van der Waals surface area contributed by atoms with Crippen molar-refractivity contribution in [1.29, 1.82) is 0 Å². The maximum atomic E-state index is 13.0. The lowest BCUT2D eigenvalue weighted by atomic mass is 9.63. The minimum atomic E-state index is -1.02. The lowest BCUT2D eigenvalue weighted by Crippen LogP contribution is -2.73. The summed E-state index contributed by atoms with van der Waals surface area (Å²) in [6, 6.07) is 0.422. The molecular formula is C20H38N2O3S. The topological polar surface area (TPSA) is 49.9 Å². The van der Waals surface area contributed by atoms with Crippen molar-refractivity contribution in [1.82, 2.24) is 9.21 Å². The first-order chi connectivity index (χ1) is 11.7. The molecule has 1 unspecified atom stereocenters. The zero-order valence-electron chi connectivity index (χ0n) is 18.1. The molecule has 26 heavy (non-hydrogen) atoms. The van der Waals surface area contributed by atoms with E-state index in [-0.39, 0.29) is 28.3 Å². The van der Waals surface area contributed by atoms with Crippen LogP contribution in [0.25, 0.3) is 0 Å². The normalized spacial score (nSPS) is 31.8. The summed E-state index contributed by atoms with van der Waals surface area (Å²) < 4.78 is 20.5. The molecule has 2 aliphatic heterocycles. The van der Waals surface area contributed by atoms with E-state index in [1.54, 1.807) is 0 Å². The molecule has 1 spiro atoms. The summed E-state index contributed by atoms with van der Waals surface area (Å²) in [7, 11) is -1.02. The number of ether oxygens (including phenoxy) is 1. The fourth-order valence-electron chi connectivity index (χ4n) is 4.41. The zero-order valence-corrected chi connectivity index (χ0v) is 18.9. The van der Waals surface area contributed by atoms with E-state index in [2.05, 4.69) is 25.1 Å². The maximum Gasteiger partial charge on any atom is 0.410 e. The van der Waals surface area contributed by atoms with Crippen LogP contribution in [-0.4, -0.2) is 55.0 Å². The molecule has 0 aromatic carbocycles. The molecule has 2 saturated heterocycles. The predicted octanol–water partition coefficient (Wildman–Crippen LogP) is 4.19. The van der Waals surface area contributed by atoms with Crippen molar-refractivity contribution < 1.29 is 13.7 Å². The fraction of sp³-hybridized carbons (Fsp3) is 0.950. The minimum absolute atomic E-state index is 0.0263. The number of carbonyl (C=O) groups excluding carboxylic acids is 1. The van der Waals surface area contributed by atoms with Crippen LogP contribution in [0, 0.1) is 11.3 Å². The Bertz CT molecular complexity index is 564. The summed E-state index contributed by atoms with van der Waals surface area (Å²) in [4.78, 5) is 14.6. The Morgan fingerprint density at radius 3 is 2.19 bits per heavy atom. The van der Waals surface area contributed by atoms with Gasteiger partial charge in [0.1, 0.15) is 16.6 Å². The highest BCUT2D eigenvalue weighted by molar-refractivity contribution is 7.84. The molecule has 0 aliphatic carbocycles. The first kappa shape index (κ1) is 21.7. The lowest BCUT2D eigenvalue weighted by Gasteiger charge is -2.63. The van der Waals surface area contributed by atoms with E-state index in [0.29, 0.717) is 12.5 Å². The van der Waals surface area contributed by atoms with E-state index < -0.39 is 16.6 Å². The number of hydrogen-bond acceptors (Lipinski definition) is 3. The minimum Gasteiger partial charge on any atom is -0.444 e. The average molecular weight is 387 g/mol. The average Bonchev–Trinajstić information content (AvgIpc) is 2.41. The third-order valence-electron chi connectivity index (χ3n) is 5.48. The number of likely N-dealkylation sites (tertiary alicyclic amines) is 1. The number of amides is 1. The predicted molar refractivity (Wildman–Crippen MR) is 107 cm³/mol. The highest BCUT2D eigenvalue weighted by Crippen LogP contribution is 2.50. The van der Waals surface area contributed by atoms with Crippen LogP contribution >= 0.6 is 0 Å². The molecule has 5 nitrogen and oxygen atoms in total.